The fourth-order valence-electron chi connectivity index (χ4n) is 1.95. The standard InChI is InChI=1S/C12H10ClN3O2S/c1-8-5-12-14-11(7-16(12)15-8)9-3-2-4-10(6-9)19(13,17)18/h2-7,15H,1H3. The SMILES string of the molecule is Cc1cc2nc(-c3cccc(S(=O)(=O)Cl)c3)cn2[nH]1. The Morgan fingerprint density at radius 3 is 2.79 bits per heavy atom. The van der Waals surface area contributed by atoms with E-state index in [9.17, 15) is 8.42 Å². The Labute approximate surface area is 114 Å². The number of aromatic nitrogens is 3. The van der Waals surface area contributed by atoms with Crippen LogP contribution in [0.25, 0.3) is 16.9 Å². The molecule has 0 unspecified atom stereocenters. The Morgan fingerprint density at radius 2 is 2.11 bits per heavy atom. The minimum absolute atomic E-state index is 0.0690. The summed E-state index contributed by atoms with van der Waals surface area (Å²) in [4.78, 5) is 4.49. The molecule has 19 heavy (non-hydrogen) atoms. The Hall–Kier alpha value is -1.79. The van der Waals surface area contributed by atoms with E-state index in [0.29, 0.717) is 11.3 Å². The smallest absolute Gasteiger partial charge is 0.261 e. The van der Waals surface area contributed by atoms with Crippen LogP contribution in [0.15, 0.2) is 41.4 Å². The summed E-state index contributed by atoms with van der Waals surface area (Å²) in [7, 11) is 1.61. The molecule has 0 atom stereocenters. The molecule has 0 fully saturated rings. The highest BCUT2D eigenvalue weighted by atomic mass is 35.7. The lowest BCUT2D eigenvalue weighted by Gasteiger charge is -1.99. The highest BCUT2D eigenvalue weighted by Crippen LogP contribution is 2.24. The average Bonchev–Trinajstić information content (AvgIpc) is 2.85. The van der Waals surface area contributed by atoms with Gasteiger partial charge in [0, 0.05) is 28.0 Å². The van der Waals surface area contributed by atoms with Gasteiger partial charge in [-0.3, -0.25) is 5.10 Å². The van der Waals surface area contributed by atoms with Gasteiger partial charge in [0.1, 0.15) is 0 Å². The van der Waals surface area contributed by atoms with E-state index < -0.39 is 9.05 Å². The van der Waals surface area contributed by atoms with Crippen molar-refractivity contribution in [3.8, 4) is 11.3 Å². The molecule has 1 N–H and O–H groups in total. The zero-order valence-electron chi connectivity index (χ0n) is 9.96. The summed E-state index contributed by atoms with van der Waals surface area (Å²) < 4.78 is 24.4. The second-order valence-electron chi connectivity index (χ2n) is 4.26. The molecule has 1 aromatic carbocycles. The maximum atomic E-state index is 11.3. The van der Waals surface area contributed by atoms with Crippen molar-refractivity contribution in [2.24, 2.45) is 0 Å². The molecule has 7 heteroatoms. The molecule has 98 valence electrons. The first-order valence-electron chi connectivity index (χ1n) is 5.53. The molecular formula is C12H10ClN3O2S. The molecule has 0 aliphatic heterocycles. The summed E-state index contributed by atoms with van der Waals surface area (Å²) in [6.07, 6.45) is 1.81. The summed E-state index contributed by atoms with van der Waals surface area (Å²) in [6, 6.07) is 8.31. The first kappa shape index (κ1) is 12.3. The number of nitrogens with zero attached hydrogens (tertiary/aromatic N) is 2. The monoisotopic (exact) mass is 295 g/mol. The molecule has 0 amide bonds. The molecule has 3 rings (SSSR count). The van der Waals surface area contributed by atoms with Gasteiger partial charge >= 0.3 is 0 Å². The van der Waals surface area contributed by atoms with Crippen LogP contribution < -0.4 is 0 Å². The van der Waals surface area contributed by atoms with Gasteiger partial charge in [-0.15, -0.1) is 0 Å². The molecule has 5 nitrogen and oxygen atoms in total. The van der Waals surface area contributed by atoms with Crippen LogP contribution in [-0.4, -0.2) is 23.0 Å². The van der Waals surface area contributed by atoms with Crippen LogP contribution in [0.3, 0.4) is 0 Å². The van der Waals surface area contributed by atoms with Gasteiger partial charge in [0.15, 0.2) is 5.65 Å². The van der Waals surface area contributed by atoms with E-state index in [-0.39, 0.29) is 4.90 Å². The largest absolute Gasteiger partial charge is 0.297 e. The zero-order valence-corrected chi connectivity index (χ0v) is 11.5. The summed E-state index contributed by atoms with van der Waals surface area (Å²) in [5, 5.41) is 3.10. The topological polar surface area (TPSA) is 67.2 Å². The minimum Gasteiger partial charge on any atom is -0.297 e. The third-order valence-electron chi connectivity index (χ3n) is 2.79. The third-order valence-corrected chi connectivity index (χ3v) is 4.14. The lowest BCUT2D eigenvalue weighted by molar-refractivity contribution is 0.609. The highest BCUT2D eigenvalue weighted by molar-refractivity contribution is 8.13. The van der Waals surface area contributed by atoms with Crippen LogP contribution in [0.5, 0.6) is 0 Å². The second kappa shape index (κ2) is 4.11. The van der Waals surface area contributed by atoms with Gasteiger partial charge in [0.25, 0.3) is 9.05 Å². The van der Waals surface area contributed by atoms with Crippen LogP contribution in [0, 0.1) is 6.92 Å². The summed E-state index contributed by atoms with van der Waals surface area (Å²) in [6.45, 7) is 1.94. The maximum Gasteiger partial charge on any atom is 0.261 e. The van der Waals surface area contributed by atoms with Gasteiger partial charge in [-0.1, -0.05) is 12.1 Å². The van der Waals surface area contributed by atoms with E-state index in [1.807, 2.05) is 19.2 Å². The molecule has 2 heterocycles. The van der Waals surface area contributed by atoms with Crippen molar-refractivity contribution in [1.82, 2.24) is 14.6 Å². The molecule has 0 aliphatic carbocycles. The Balaban J connectivity index is 2.13. The van der Waals surface area contributed by atoms with Crippen LogP contribution in [0.2, 0.25) is 0 Å². The van der Waals surface area contributed by atoms with Crippen molar-refractivity contribution < 1.29 is 8.42 Å². The maximum absolute atomic E-state index is 11.3. The van der Waals surface area contributed by atoms with Crippen molar-refractivity contribution >= 4 is 25.4 Å². The quantitative estimate of drug-likeness (QED) is 0.739. The number of benzene rings is 1. The van der Waals surface area contributed by atoms with Crippen molar-refractivity contribution in [2.45, 2.75) is 11.8 Å². The van der Waals surface area contributed by atoms with Gasteiger partial charge in [-0.25, -0.2) is 17.9 Å². The molecule has 0 aliphatic rings. The van der Waals surface area contributed by atoms with Gasteiger partial charge in [-0.2, -0.15) is 0 Å². The number of nitrogens with one attached hydrogen (secondary N) is 1. The number of imidazole rings is 1. The van der Waals surface area contributed by atoms with E-state index in [2.05, 4.69) is 10.1 Å². The zero-order chi connectivity index (χ0) is 13.6. The lowest BCUT2D eigenvalue weighted by Crippen LogP contribution is -1.90. The second-order valence-corrected chi connectivity index (χ2v) is 6.83. The number of halogens is 1. The van der Waals surface area contributed by atoms with Gasteiger partial charge in [0.2, 0.25) is 0 Å². The van der Waals surface area contributed by atoms with Crippen LogP contribution in [0.1, 0.15) is 5.69 Å². The number of H-pyrrole nitrogens is 1. The van der Waals surface area contributed by atoms with E-state index in [1.165, 1.54) is 12.1 Å². The summed E-state index contributed by atoms with van der Waals surface area (Å²) in [5.74, 6) is 0. The normalized spacial score (nSPS) is 12.1. The predicted molar refractivity (Wildman–Crippen MR) is 72.8 cm³/mol. The minimum atomic E-state index is -3.73. The average molecular weight is 296 g/mol. The molecular weight excluding hydrogens is 286 g/mol. The molecule has 0 saturated carbocycles. The number of rotatable bonds is 2. The number of hydrogen-bond acceptors (Lipinski definition) is 3. The van der Waals surface area contributed by atoms with Gasteiger partial charge < -0.3 is 0 Å². The molecule has 2 aromatic heterocycles. The predicted octanol–water partition coefficient (Wildman–Crippen LogP) is 2.57. The fraction of sp³-hybridized carbons (Fsp3) is 0.0833. The lowest BCUT2D eigenvalue weighted by atomic mass is 10.2. The molecule has 3 aromatic rings. The molecule has 0 saturated heterocycles. The van der Waals surface area contributed by atoms with Gasteiger partial charge in [0.05, 0.1) is 16.8 Å². The van der Waals surface area contributed by atoms with Crippen LogP contribution in [-0.2, 0) is 9.05 Å². The number of aryl methyl sites for hydroxylation is 1. The Bertz CT molecular complexity index is 833. The number of hydrogen-bond donors (Lipinski definition) is 1. The third kappa shape index (κ3) is 2.24. The number of fused-ring (bicyclic) bond motifs is 1. The molecule has 0 radical (unpaired) electrons. The Kier molecular flexibility index (Phi) is 2.65. The van der Waals surface area contributed by atoms with Crippen LogP contribution in [0.4, 0.5) is 0 Å². The summed E-state index contributed by atoms with van der Waals surface area (Å²) in [5.41, 5.74) is 3.18. The van der Waals surface area contributed by atoms with Gasteiger partial charge in [-0.05, 0) is 19.1 Å². The van der Waals surface area contributed by atoms with E-state index in [4.69, 9.17) is 10.7 Å². The number of aromatic amines is 1. The van der Waals surface area contributed by atoms with E-state index in [1.54, 1.807) is 16.6 Å². The Morgan fingerprint density at radius 1 is 1.32 bits per heavy atom. The fourth-order valence-corrected chi connectivity index (χ4v) is 2.74. The van der Waals surface area contributed by atoms with E-state index >= 15 is 0 Å². The highest BCUT2D eigenvalue weighted by Gasteiger charge is 2.12. The molecule has 0 bridgehead atoms. The van der Waals surface area contributed by atoms with Crippen molar-refractivity contribution in [3.63, 3.8) is 0 Å². The molecule has 0 spiro atoms. The van der Waals surface area contributed by atoms with Crippen molar-refractivity contribution in [2.75, 3.05) is 0 Å². The van der Waals surface area contributed by atoms with Crippen molar-refractivity contribution in [3.05, 3.63) is 42.2 Å². The van der Waals surface area contributed by atoms with Crippen molar-refractivity contribution in [1.29, 1.82) is 0 Å². The summed E-state index contributed by atoms with van der Waals surface area (Å²) >= 11 is 0. The first-order valence-corrected chi connectivity index (χ1v) is 7.84. The first-order chi connectivity index (χ1) is 8.93. The van der Waals surface area contributed by atoms with E-state index in [0.717, 1.165) is 11.3 Å². The van der Waals surface area contributed by atoms with Crippen LogP contribution >= 0.6 is 10.7 Å².